The fourth-order valence-electron chi connectivity index (χ4n) is 1.57. The summed E-state index contributed by atoms with van der Waals surface area (Å²) >= 11 is 0. The van der Waals surface area contributed by atoms with Gasteiger partial charge in [0.1, 0.15) is 5.65 Å². The molecule has 17 heavy (non-hydrogen) atoms. The smallest absolute Gasteiger partial charge is 0.315 e. The zero-order valence-electron chi connectivity index (χ0n) is 9.79. The van der Waals surface area contributed by atoms with Crippen molar-refractivity contribution >= 4 is 17.1 Å². The number of hydrogen-bond donors (Lipinski definition) is 3. The van der Waals surface area contributed by atoms with Crippen LogP contribution < -0.4 is 10.6 Å². The van der Waals surface area contributed by atoms with Gasteiger partial charge in [-0.2, -0.15) is 0 Å². The summed E-state index contributed by atoms with van der Waals surface area (Å²) in [5.74, 6) is 0. The molecule has 0 bridgehead atoms. The lowest BCUT2D eigenvalue weighted by molar-refractivity contribution is 0.240. The summed E-state index contributed by atoms with van der Waals surface area (Å²) in [5.41, 5.74) is 1.85. The number of nitrogens with zero attached hydrogens (tertiary/aromatic N) is 1. The number of hydrogen-bond acceptors (Lipinski definition) is 2. The third-order valence-corrected chi connectivity index (χ3v) is 2.45. The SMILES string of the molecule is CCCNC(=O)NCc1cnc2[nH]ccc2c1. The number of pyridine rings is 1. The first-order chi connectivity index (χ1) is 8.29. The summed E-state index contributed by atoms with van der Waals surface area (Å²) in [6.07, 6.45) is 4.55. The lowest BCUT2D eigenvalue weighted by Crippen LogP contribution is -2.35. The van der Waals surface area contributed by atoms with Crippen molar-refractivity contribution in [1.29, 1.82) is 0 Å². The number of carbonyl (C=O) groups is 1. The molecule has 2 amide bonds. The topological polar surface area (TPSA) is 69.8 Å². The summed E-state index contributed by atoms with van der Waals surface area (Å²) in [5, 5.41) is 6.60. The molecule has 5 nitrogen and oxygen atoms in total. The van der Waals surface area contributed by atoms with E-state index in [2.05, 4.69) is 20.6 Å². The number of carbonyl (C=O) groups excluding carboxylic acids is 1. The quantitative estimate of drug-likeness (QED) is 0.752. The van der Waals surface area contributed by atoms with Gasteiger partial charge in [-0.15, -0.1) is 0 Å². The van der Waals surface area contributed by atoms with Gasteiger partial charge in [0.2, 0.25) is 0 Å². The van der Waals surface area contributed by atoms with Crippen LogP contribution in [-0.2, 0) is 6.54 Å². The molecule has 0 aliphatic carbocycles. The van der Waals surface area contributed by atoms with Gasteiger partial charge < -0.3 is 15.6 Å². The van der Waals surface area contributed by atoms with E-state index in [1.54, 1.807) is 6.20 Å². The van der Waals surface area contributed by atoms with Gasteiger partial charge in [0, 0.05) is 30.9 Å². The summed E-state index contributed by atoms with van der Waals surface area (Å²) in [7, 11) is 0. The van der Waals surface area contributed by atoms with Gasteiger partial charge in [-0.3, -0.25) is 0 Å². The van der Waals surface area contributed by atoms with Crippen LogP contribution in [0.3, 0.4) is 0 Å². The number of fused-ring (bicyclic) bond motifs is 1. The zero-order chi connectivity index (χ0) is 12.1. The minimum atomic E-state index is -0.138. The van der Waals surface area contributed by atoms with Crippen molar-refractivity contribution < 1.29 is 4.79 Å². The Balaban J connectivity index is 1.92. The maximum atomic E-state index is 11.3. The minimum absolute atomic E-state index is 0.138. The molecule has 0 aliphatic rings. The van der Waals surface area contributed by atoms with Crippen LogP contribution in [0.25, 0.3) is 11.0 Å². The van der Waals surface area contributed by atoms with E-state index in [4.69, 9.17) is 0 Å². The molecule has 0 saturated heterocycles. The number of aromatic amines is 1. The number of nitrogens with one attached hydrogen (secondary N) is 3. The monoisotopic (exact) mass is 232 g/mol. The second-order valence-electron chi connectivity index (χ2n) is 3.87. The van der Waals surface area contributed by atoms with E-state index in [-0.39, 0.29) is 6.03 Å². The highest BCUT2D eigenvalue weighted by Gasteiger charge is 2.01. The number of amides is 2. The molecule has 90 valence electrons. The van der Waals surface area contributed by atoms with Crippen molar-refractivity contribution in [2.24, 2.45) is 0 Å². The second-order valence-corrected chi connectivity index (χ2v) is 3.87. The summed E-state index contributed by atoms with van der Waals surface area (Å²) < 4.78 is 0. The van der Waals surface area contributed by atoms with Crippen LogP contribution in [0.1, 0.15) is 18.9 Å². The van der Waals surface area contributed by atoms with Gasteiger partial charge in [0.15, 0.2) is 0 Å². The largest absolute Gasteiger partial charge is 0.346 e. The molecule has 0 spiro atoms. The predicted octanol–water partition coefficient (Wildman–Crippen LogP) is 1.77. The van der Waals surface area contributed by atoms with Crippen molar-refractivity contribution in [3.05, 3.63) is 30.1 Å². The lowest BCUT2D eigenvalue weighted by Gasteiger charge is -2.06. The Bertz CT molecular complexity index is 506. The van der Waals surface area contributed by atoms with Crippen LogP contribution in [0.5, 0.6) is 0 Å². The third-order valence-electron chi connectivity index (χ3n) is 2.45. The Morgan fingerprint density at radius 3 is 3.18 bits per heavy atom. The normalized spacial score (nSPS) is 10.4. The molecule has 0 radical (unpaired) electrons. The van der Waals surface area contributed by atoms with Crippen molar-refractivity contribution in [2.75, 3.05) is 6.54 Å². The van der Waals surface area contributed by atoms with Gasteiger partial charge in [-0.25, -0.2) is 9.78 Å². The van der Waals surface area contributed by atoms with Gasteiger partial charge in [-0.05, 0) is 24.1 Å². The average molecular weight is 232 g/mol. The molecule has 5 heteroatoms. The highest BCUT2D eigenvalue weighted by atomic mass is 16.2. The van der Waals surface area contributed by atoms with E-state index >= 15 is 0 Å². The summed E-state index contributed by atoms with van der Waals surface area (Å²) in [6, 6.07) is 3.84. The first-order valence-electron chi connectivity index (χ1n) is 5.73. The highest BCUT2D eigenvalue weighted by Crippen LogP contribution is 2.10. The van der Waals surface area contributed by atoms with Gasteiger partial charge >= 0.3 is 6.03 Å². The standard InChI is InChI=1S/C12H16N4O/c1-2-4-14-12(17)16-8-9-6-10-3-5-13-11(10)15-7-9/h3,5-7H,2,4,8H2,1H3,(H,13,15)(H2,14,16,17). The van der Waals surface area contributed by atoms with E-state index in [1.807, 2.05) is 25.3 Å². The maximum Gasteiger partial charge on any atom is 0.315 e. The van der Waals surface area contributed by atoms with Crippen LogP contribution in [-0.4, -0.2) is 22.5 Å². The first kappa shape index (κ1) is 11.4. The zero-order valence-corrected chi connectivity index (χ0v) is 9.79. The molecule has 3 N–H and O–H groups in total. The Morgan fingerprint density at radius 1 is 1.47 bits per heavy atom. The number of aromatic nitrogens is 2. The van der Waals surface area contributed by atoms with Crippen LogP contribution >= 0.6 is 0 Å². The van der Waals surface area contributed by atoms with Crippen molar-refractivity contribution in [3.8, 4) is 0 Å². The fraction of sp³-hybridized carbons (Fsp3) is 0.333. The van der Waals surface area contributed by atoms with Crippen molar-refractivity contribution in [1.82, 2.24) is 20.6 Å². The van der Waals surface area contributed by atoms with Crippen molar-refractivity contribution in [2.45, 2.75) is 19.9 Å². The molecule has 2 heterocycles. The Labute approximate surface area is 99.6 Å². The number of rotatable bonds is 4. The maximum absolute atomic E-state index is 11.3. The molecule has 2 rings (SSSR count). The number of urea groups is 1. The molecule has 0 unspecified atom stereocenters. The molecular formula is C12H16N4O. The van der Waals surface area contributed by atoms with Crippen LogP contribution in [0.15, 0.2) is 24.5 Å². The number of H-pyrrole nitrogens is 1. The Kier molecular flexibility index (Phi) is 3.59. The molecule has 0 atom stereocenters. The van der Waals surface area contributed by atoms with E-state index < -0.39 is 0 Å². The Morgan fingerprint density at radius 2 is 2.35 bits per heavy atom. The fourth-order valence-corrected chi connectivity index (χ4v) is 1.57. The molecule has 0 fully saturated rings. The van der Waals surface area contributed by atoms with Crippen LogP contribution in [0.4, 0.5) is 4.79 Å². The molecular weight excluding hydrogens is 216 g/mol. The van der Waals surface area contributed by atoms with Gasteiger partial charge in [0.25, 0.3) is 0 Å². The molecule has 0 aromatic carbocycles. The van der Waals surface area contributed by atoms with Gasteiger partial charge in [0.05, 0.1) is 0 Å². The minimum Gasteiger partial charge on any atom is -0.346 e. The Hall–Kier alpha value is -2.04. The van der Waals surface area contributed by atoms with Crippen LogP contribution in [0.2, 0.25) is 0 Å². The van der Waals surface area contributed by atoms with Crippen molar-refractivity contribution in [3.63, 3.8) is 0 Å². The van der Waals surface area contributed by atoms with E-state index in [1.165, 1.54) is 0 Å². The van der Waals surface area contributed by atoms with E-state index in [0.29, 0.717) is 13.1 Å². The van der Waals surface area contributed by atoms with E-state index in [9.17, 15) is 4.79 Å². The average Bonchev–Trinajstić information content (AvgIpc) is 2.81. The third kappa shape index (κ3) is 2.96. The van der Waals surface area contributed by atoms with Gasteiger partial charge in [-0.1, -0.05) is 6.92 Å². The summed E-state index contributed by atoms with van der Waals surface area (Å²) in [4.78, 5) is 18.6. The molecule has 2 aromatic heterocycles. The first-order valence-corrected chi connectivity index (χ1v) is 5.73. The summed E-state index contributed by atoms with van der Waals surface area (Å²) in [6.45, 7) is 3.20. The van der Waals surface area contributed by atoms with E-state index in [0.717, 1.165) is 23.0 Å². The molecule has 2 aromatic rings. The lowest BCUT2D eigenvalue weighted by atomic mass is 10.2. The predicted molar refractivity (Wildman–Crippen MR) is 66.6 cm³/mol. The van der Waals surface area contributed by atoms with Crippen LogP contribution in [0, 0.1) is 0 Å². The highest BCUT2D eigenvalue weighted by molar-refractivity contribution is 5.76. The molecule has 0 aliphatic heterocycles. The molecule has 0 saturated carbocycles. The second kappa shape index (κ2) is 5.34.